The fraction of sp³-hybridized carbons (Fsp3) is 0.235. The van der Waals surface area contributed by atoms with Gasteiger partial charge in [-0.2, -0.15) is 0 Å². The van der Waals surface area contributed by atoms with Crippen molar-refractivity contribution in [2.24, 2.45) is 0 Å². The fourth-order valence-corrected chi connectivity index (χ4v) is 2.27. The topological polar surface area (TPSA) is 38.9 Å². The minimum absolute atomic E-state index is 0.208. The summed E-state index contributed by atoms with van der Waals surface area (Å²) in [6.45, 7) is 3.87. The van der Waals surface area contributed by atoms with Crippen LogP contribution in [0.25, 0.3) is 0 Å². The van der Waals surface area contributed by atoms with Crippen LogP contribution in [0.5, 0.6) is 0 Å². The van der Waals surface area contributed by atoms with Crippen molar-refractivity contribution in [2.45, 2.75) is 25.2 Å². The second-order valence-electron chi connectivity index (χ2n) is 4.84. The Kier molecular flexibility index (Phi) is 4.88. The lowest BCUT2D eigenvalue weighted by Gasteiger charge is -2.12. The predicted molar refractivity (Wildman–Crippen MR) is 80.9 cm³/mol. The Labute approximate surface area is 119 Å². The molecule has 0 saturated carbocycles. The molecule has 1 aromatic carbocycles. The van der Waals surface area contributed by atoms with Gasteiger partial charge in [0.15, 0.2) is 0 Å². The van der Waals surface area contributed by atoms with E-state index in [1.165, 1.54) is 12.1 Å². The molecule has 1 aromatic heterocycles. The maximum absolute atomic E-state index is 12.9. The molecule has 0 aliphatic heterocycles. The van der Waals surface area contributed by atoms with Crippen LogP contribution in [0.15, 0.2) is 55.1 Å². The van der Waals surface area contributed by atoms with E-state index in [-0.39, 0.29) is 11.7 Å². The van der Waals surface area contributed by atoms with Gasteiger partial charge in [0, 0.05) is 11.6 Å². The normalized spacial score (nSPS) is 12.1. The van der Waals surface area contributed by atoms with Crippen molar-refractivity contribution < 1.29 is 4.39 Å². The molecule has 0 aliphatic carbocycles. The number of nitrogen functional groups attached to an aromatic ring is 1. The van der Waals surface area contributed by atoms with Crippen LogP contribution in [0.2, 0.25) is 0 Å². The van der Waals surface area contributed by atoms with Gasteiger partial charge in [0.25, 0.3) is 0 Å². The molecule has 2 nitrogen and oxygen atoms in total. The van der Waals surface area contributed by atoms with E-state index in [2.05, 4.69) is 11.6 Å². The van der Waals surface area contributed by atoms with Crippen molar-refractivity contribution in [3.8, 4) is 0 Å². The van der Waals surface area contributed by atoms with Crippen LogP contribution in [0.4, 0.5) is 10.2 Å². The first kappa shape index (κ1) is 14.3. The maximum atomic E-state index is 12.9. The van der Waals surface area contributed by atoms with Crippen LogP contribution in [-0.2, 0) is 6.42 Å². The van der Waals surface area contributed by atoms with E-state index >= 15 is 0 Å². The summed E-state index contributed by atoms with van der Waals surface area (Å²) in [4.78, 5) is 4.28. The van der Waals surface area contributed by atoms with E-state index < -0.39 is 0 Å². The molecule has 104 valence electrons. The molecule has 2 rings (SSSR count). The van der Waals surface area contributed by atoms with Gasteiger partial charge in [0.05, 0.1) is 0 Å². The Morgan fingerprint density at radius 1 is 1.20 bits per heavy atom. The zero-order chi connectivity index (χ0) is 14.4. The van der Waals surface area contributed by atoms with Gasteiger partial charge in [-0.15, -0.1) is 6.58 Å². The third-order valence-electron chi connectivity index (χ3n) is 3.36. The number of benzene rings is 1. The highest BCUT2D eigenvalue weighted by Gasteiger charge is 2.08. The molecule has 0 saturated heterocycles. The monoisotopic (exact) mass is 270 g/mol. The second kappa shape index (κ2) is 6.85. The Balaban J connectivity index is 1.91. The van der Waals surface area contributed by atoms with Gasteiger partial charge in [0.2, 0.25) is 0 Å². The molecule has 0 fully saturated rings. The molecular weight excluding hydrogens is 251 g/mol. The number of pyridine rings is 1. The maximum Gasteiger partial charge on any atom is 0.123 e. The molecule has 1 heterocycles. The van der Waals surface area contributed by atoms with E-state index in [1.54, 1.807) is 6.07 Å². The number of halogens is 1. The zero-order valence-electron chi connectivity index (χ0n) is 11.4. The van der Waals surface area contributed by atoms with E-state index in [9.17, 15) is 4.39 Å². The molecule has 1 atom stereocenters. The highest BCUT2D eigenvalue weighted by molar-refractivity contribution is 5.29. The van der Waals surface area contributed by atoms with Gasteiger partial charge >= 0.3 is 0 Å². The second-order valence-corrected chi connectivity index (χ2v) is 4.84. The molecule has 0 radical (unpaired) electrons. The highest BCUT2D eigenvalue weighted by Crippen LogP contribution is 2.23. The minimum Gasteiger partial charge on any atom is -0.384 e. The smallest absolute Gasteiger partial charge is 0.123 e. The standard InChI is InChI=1S/C17H19FN2/c1-2-13(14-9-11-15(18)12-10-14)5-3-6-16-7-4-8-17(19)20-16/h2,4,7-13H,1,3,5-6H2,(H2,19,20). The molecule has 0 amide bonds. The van der Waals surface area contributed by atoms with Crippen molar-refractivity contribution >= 4 is 5.82 Å². The SMILES string of the molecule is C=CC(CCCc1cccc(N)n1)c1ccc(F)cc1. The number of hydrogen-bond acceptors (Lipinski definition) is 2. The summed E-state index contributed by atoms with van der Waals surface area (Å²) in [5.41, 5.74) is 7.76. The number of nitrogens with zero attached hydrogens (tertiary/aromatic N) is 1. The molecule has 3 heteroatoms. The fourth-order valence-electron chi connectivity index (χ4n) is 2.27. The van der Waals surface area contributed by atoms with Gasteiger partial charge in [-0.25, -0.2) is 9.37 Å². The van der Waals surface area contributed by atoms with Crippen molar-refractivity contribution in [1.82, 2.24) is 4.98 Å². The van der Waals surface area contributed by atoms with Gasteiger partial charge in [-0.3, -0.25) is 0 Å². The molecule has 0 aliphatic rings. The van der Waals surface area contributed by atoms with Crippen LogP contribution in [0.1, 0.15) is 30.0 Å². The number of aromatic nitrogens is 1. The average Bonchev–Trinajstić information content (AvgIpc) is 2.45. The molecule has 2 aromatic rings. The molecule has 2 N–H and O–H groups in total. The van der Waals surface area contributed by atoms with Crippen molar-refractivity contribution in [2.75, 3.05) is 5.73 Å². The quantitative estimate of drug-likeness (QED) is 0.803. The van der Waals surface area contributed by atoms with Crippen LogP contribution >= 0.6 is 0 Å². The van der Waals surface area contributed by atoms with Crippen LogP contribution in [0.3, 0.4) is 0 Å². The average molecular weight is 270 g/mol. The molecule has 1 unspecified atom stereocenters. The van der Waals surface area contributed by atoms with E-state index in [0.29, 0.717) is 5.82 Å². The number of nitrogens with two attached hydrogens (primary N) is 1. The lowest BCUT2D eigenvalue weighted by molar-refractivity contribution is 0.623. The van der Waals surface area contributed by atoms with Crippen molar-refractivity contribution in [3.63, 3.8) is 0 Å². The Hall–Kier alpha value is -2.16. The Morgan fingerprint density at radius 3 is 2.60 bits per heavy atom. The van der Waals surface area contributed by atoms with Crippen molar-refractivity contribution in [3.05, 3.63) is 72.2 Å². The molecule has 20 heavy (non-hydrogen) atoms. The summed E-state index contributed by atoms with van der Waals surface area (Å²) < 4.78 is 12.9. The minimum atomic E-state index is -0.208. The number of aryl methyl sites for hydroxylation is 1. The Morgan fingerprint density at radius 2 is 1.95 bits per heavy atom. The number of hydrogen-bond donors (Lipinski definition) is 1. The van der Waals surface area contributed by atoms with Crippen LogP contribution < -0.4 is 5.73 Å². The zero-order valence-corrected chi connectivity index (χ0v) is 11.4. The first-order valence-corrected chi connectivity index (χ1v) is 6.78. The number of rotatable bonds is 6. The van der Waals surface area contributed by atoms with Crippen LogP contribution in [0, 0.1) is 5.82 Å². The summed E-state index contributed by atoms with van der Waals surface area (Å²) in [6.07, 6.45) is 4.76. The first-order valence-electron chi connectivity index (χ1n) is 6.78. The van der Waals surface area contributed by atoms with Gasteiger partial charge in [-0.05, 0) is 49.1 Å². The number of anilines is 1. The van der Waals surface area contributed by atoms with Gasteiger partial charge in [0.1, 0.15) is 11.6 Å². The highest BCUT2D eigenvalue weighted by atomic mass is 19.1. The third kappa shape index (κ3) is 3.92. The first-order chi connectivity index (χ1) is 9.69. The predicted octanol–water partition coefficient (Wildman–Crippen LogP) is 4.10. The summed E-state index contributed by atoms with van der Waals surface area (Å²) in [5.74, 6) is 0.596. The molecule has 0 bridgehead atoms. The third-order valence-corrected chi connectivity index (χ3v) is 3.36. The Bertz CT molecular complexity index is 563. The summed E-state index contributed by atoms with van der Waals surface area (Å²) in [5, 5.41) is 0. The lowest BCUT2D eigenvalue weighted by atomic mass is 9.93. The largest absolute Gasteiger partial charge is 0.384 e. The van der Waals surface area contributed by atoms with Crippen molar-refractivity contribution in [1.29, 1.82) is 0 Å². The number of allylic oxidation sites excluding steroid dienone is 1. The van der Waals surface area contributed by atoms with E-state index in [4.69, 9.17) is 5.73 Å². The molecule has 0 spiro atoms. The van der Waals surface area contributed by atoms with Gasteiger partial charge < -0.3 is 5.73 Å². The van der Waals surface area contributed by atoms with E-state index in [1.807, 2.05) is 30.3 Å². The molecular formula is C17H19FN2. The van der Waals surface area contributed by atoms with Crippen LogP contribution in [-0.4, -0.2) is 4.98 Å². The van der Waals surface area contributed by atoms with E-state index in [0.717, 1.165) is 30.5 Å². The van der Waals surface area contributed by atoms with Gasteiger partial charge in [-0.1, -0.05) is 24.3 Å². The summed E-state index contributed by atoms with van der Waals surface area (Å²) in [6, 6.07) is 12.3. The summed E-state index contributed by atoms with van der Waals surface area (Å²) in [7, 11) is 0. The lowest BCUT2D eigenvalue weighted by Crippen LogP contribution is -1.99. The summed E-state index contributed by atoms with van der Waals surface area (Å²) >= 11 is 0.